The fraction of sp³-hybridized carbons (Fsp3) is 0.741. The summed E-state index contributed by atoms with van der Waals surface area (Å²) < 4.78 is 1.22. The topological polar surface area (TPSA) is 32.3 Å². The minimum atomic E-state index is 0. The van der Waals surface area contributed by atoms with Gasteiger partial charge in [-0.3, -0.25) is 4.79 Å². The summed E-state index contributed by atoms with van der Waals surface area (Å²) in [5.41, 5.74) is 1.88. The molecule has 1 aliphatic rings. The maximum absolute atomic E-state index is 12.5. The van der Waals surface area contributed by atoms with Gasteiger partial charge in [0.25, 0.3) is 5.91 Å². The summed E-state index contributed by atoms with van der Waals surface area (Å²) >= 11 is 0. The van der Waals surface area contributed by atoms with E-state index in [0.717, 1.165) is 24.3 Å². The number of rotatable bonds is 16. The van der Waals surface area contributed by atoms with E-state index in [1.807, 2.05) is 38.4 Å². The normalized spacial score (nSPS) is 14.7. The van der Waals surface area contributed by atoms with Crippen molar-refractivity contribution in [3.8, 4) is 0 Å². The number of nitrogens with one attached hydrogen (secondary N) is 1. The van der Waals surface area contributed by atoms with E-state index in [2.05, 4.69) is 17.1 Å². The van der Waals surface area contributed by atoms with Crippen molar-refractivity contribution in [1.29, 1.82) is 0 Å². The predicted octanol–water partition coefficient (Wildman–Crippen LogP) is 3.02. The number of benzene rings is 1. The van der Waals surface area contributed by atoms with Gasteiger partial charge in [0.1, 0.15) is 0 Å². The number of anilines is 1. The molecule has 0 spiro atoms. The lowest BCUT2D eigenvalue weighted by Gasteiger charge is -2.34. The molecule has 184 valence electrons. The number of unbranched alkanes of at least 4 members (excludes halogenated alkanes) is 9. The third kappa shape index (κ3) is 10.7. The molecule has 2 rings (SSSR count). The van der Waals surface area contributed by atoms with Gasteiger partial charge in [0.05, 0.1) is 32.7 Å². The molecule has 0 radical (unpaired) electrons. The van der Waals surface area contributed by atoms with Gasteiger partial charge in [-0.25, -0.2) is 0 Å². The molecule has 1 aromatic rings. The van der Waals surface area contributed by atoms with E-state index in [0.29, 0.717) is 0 Å². The summed E-state index contributed by atoms with van der Waals surface area (Å²) in [6.07, 6.45) is 16.7. The van der Waals surface area contributed by atoms with Crippen LogP contribution in [0.5, 0.6) is 0 Å². The lowest BCUT2D eigenvalue weighted by molar-refractivity contribution is -0.915. The average Bonchev–Trinajstić information content (AvgIpc) is 3.24. The summed E-state index contributed by atoms with van der Waals surface area (Å²) in [4.78, 5) is 14.6. The second-order valence-electron chi connectivity index (χ2n) is 9.82. The Bertz CT molecular complexity index is 612. The van der Waals surface area contributed by atoms with Crippen molar-refractivity contribution < 1.29 is 26.3 Å². The number of hydrogen-bond donors (Lipinski definition) is 1. The Morgan fingerprint density at radius 2 is 1.38 bits per heavy atom. The minimum absolute atomic E-state index is 0. The van der Waals surface area contributed by atoms with Crippen LogP contribution >= 0.6 is 0 Å². The van der Waals surface area contributed by atoms with Crippen LogP contribution in [0.25, 0.3) is 0 Å². The standard InChI is InChI=1S/C27H47N3O.BrH/c1-4-5-6-7-8-9-10-11-12-13-21-30(22-14-15-23-30)24-20-28-27(31)25-16-18-26(19-17-25)29(2)3;/h16-19H,4-15,20-24H2,1-3H3;1H. The number of amides is 1. The number of carbonyl (C=O) groups is 1. The van der Waals surface area contributed by atoms with Gasteiger partial charge in [-0.05, 0) is 37.1 Å². The summed E-state index contributed by atoms with van der Waals surface area (Å²) in [7, 11) is 4.03. The Morgan fingerprint density at radius 3 is 1.91 bits per heavy atom. The summed E-state index contributed by atoms with van der Waals surface area (Å²) in [6.45, 7) is 8.04. The zero-order valence-corrected chi connectivity index (χ0v) is 22.6. The Kier molecular flexibility index (Phi) is 15.0. The lowest BCUT2D eigenvalue weighted by atomic mass is 10.1. The first kappa shape index (κ1) is 29.0. The number of nitrogens with zero attached hydrogens (tertiary/aromatic N) is 2. The van der Waals surface area contributed by atoms with Crippen LogP contribution in [-0.2, 0) is 0 Å². The molecule has 1 aromatic carbocycles. The average molecular weight is 511 g/mol. The largest absolute Gasteiger partial charge is 1.00 e. The SMILES string of the molecule is CCCCCCCCCCCC[N+]1(CCNC(=O)c2ccc(N(C)C)cc2)CCCC1.[Br-]. The summed E-state index contributed by atoms with van der Waals surface area (Å²) in [6, 6.07) is 7.87. The van der Waals surface area contributed by atoms with Crippen LogP contribution in [0.4, 0.5) is 5.69 Å². The zero-order chi connectivity index (χ0) is 22.4. The minimum Gasteiger partial charge on any atom is -1.00 e. The molecule has 1 aliphatic heterocycles. The van der Waals surface area contributed by atoms with Crippen LogP contribution in [0, 0.1) is 0 Å². The van der Waals surface area contributed by atoms with Gasteiger partial charge in [0, 0.05) is 38.2 Å². The van der Waals surface area contributed by atoms with Gasteiger partial charge in [0.2, 0.25) is 0 Å². The van der Waals surface area contributed by atoms with Gasteiger partial charge in [-0.1, -0.05) is 58.3 Å². The molecule has 32 heavy (non-hydrogen) atoms. The van der Waals surface area contributed by atoms with E-state index in [1.54, 1.807) is 0 Å². The van der Waals surface area contributed by atoms with Crippen molar-refractivity contribution in [2.75, 3.05) is 51.7 Å². The molecule has 0 unspecified atom stereocenters. The van der Waals surface area contributed by atoms with Crippen LogP contribution in [0.1, 0.15) is 94.3 Å². The number of likely N-dealkylation sites (tertiary alicyclic amines) is 1. The zero-order valence-electron chi connectivity index (χ0n) is 21.0. The van der Waals surface area contributed by atoms with Gasteiger partial charge < -0.3 is 31.7 Å². The highest BCUT2D eigenvalue weighted by Crippen LogP contribution is 2.21. The quantitative estimate of drug-likeness (QED) is 0.274. The Morgan fingerprint density at radius 1 is 0.844 bits per heavy atom. The highest BCUT2D eigenvalue weighted by Gasteiger charge is 2.30. The number of carbonyl (C=O) groups excluding carboxylic acids is 1. The highest BCUT2D eigenvalue weighted by molar-refractivity contribution is 5.94. The molecule has 4 nitrogen and oxygen atoms in total. The predicted molar refractivity (Wildman–Crippen MR) is 134 cm³/mol. The first-order valence-corrected chi connectivity index (χ1v) is 13.0. The smallest absolute Gasteiger partial charge is 0.251 e. The third-order valence-corrected chi connectivity index (χ3v) is 7.02. The van der Waals surface area contributed by atoms with Gasteiger partial charge in [-0.2, -0.15) is 0 Å². The van der Waals surface area contributed by atoms with Crippen LogP contribution < -0.4 is 27.2 Å². The van der Waals surface area contributed by atoms with Gasteiger partial charge >= 0.3 is 0 Å². The summed E-state index contributed by atoms with van der Waals surface area (Å²) in [5, 5.41) is 3.17. The molecule has 1 fully saturated rings. The van der Waals surface area contributed by atoms with Crippen LogP contribution in [0.3, 0.4) is 0 Å². The van der Waals surface area contributed by atoms with Crippen LogP contribution in [-0.4, -0.2) is 57.2 Å². The van der Waals surface area contributed by atoms with Crippen molar-refractivity contribution in [2.45, 2.75) is 84.0 Å². The molecule has 0 bridgehead atoms. The maximum atomic E-state index is 12.5. The Labute approximate surface area is 208 Å². The molecule has 1 saturated heterocycles. The Hall–Kier alpha value is -1.07. The van der Waals surface area contributed by atoms with E-state index in [-0.39, 0.29) is 22.9 Å². The highest BCUT2D eigenvalue weighted by atomic mass is 79.9. The molecule has 1 N–H and O–H groups in total. The molecule has 1 amide bonds. The fourth-order valence-corrected chi connectivity index (χ4v) is 4.92. The van der Waals surface area contributed by atoms with E-state index >= 15 is 0 Å². The second-order valence-corrected chi connectivity index (χ2v) is 9.82. The van der Waals surface area contributed by atoms with Gasteiger partial charge in [0.15, 0.2) is 0 Å². The fourth-order valence-electron chi connectivity index (χ4n) is 4.92. The Balaban J connectivity index is 0.00000512. The monoisotopic (exact) mass is 509 g/mol. The van der Waals surface area contributed by atoms with Crippen molar-refractivity contribution in [3.05, 3.63) is 29.8 Å². The number of hydrogen-bond acceptors (Lipinski definition) is 2. The van der Waals surface area contributed by atoms with Gasteiger partial charge in [-0.15, -0.1) is 0 Å². The van der Waals surface area contributed by atoms with E-state index < -0.39 is 0 Å². The molecule has 1 heterocycles. The molecular formula is C27H48BrN3O. The van der Waals surface area contributed by atoms with Crippen LogP contribution in [0.15, 0.2) is 24.3 Å². The molecule has 0 aliphatic carbocycles. The third-order valence-electron chi connectivity index (χ3n) is 7.02. The number of halogens is 1. The first-order valence-electron chi connectivity index (χ1n) is 13.0. The van der Waals surface area contributed by atoms with E-state index in [9.17, 15) is 4.79 Å². The second kappa shape index (κ2) is 16.5. The van der Waals surface area contributed by atoms with E-state index in [1.165, 1.54) is 101 Å². The van der Waals surface area contributed by atoms with Crippen molar-refractivity contribution in [3.63, 3.8) is 0 Å². The van der Waals surface area contributed by atoms with Crippen molar-refractivity contribution in [1.82, 2.24) is 5.32 Å². The molecule has 0 aromatic heterocycles. The van der Waals surface area contributed by atoms with E-state index in [4.69, 9.17) is 0 Å². The molecule has 0 saturated carbocycles. The summed E-state index contributed by atoms with van der Waals surface area (Å²) in [5.74, 6) is 0.0570. The van der Waals surface area contributed by atoms with Crippen molar-refractivity contribution in [2.24, 2.45) is 0 Å². The lowest BCUT2D eigenvalue weighted by Crippen LogP contribution is -3.00. The number of quaternary nitrogens is 1. The van der Waals surface area contributed by atoms with Crippen LogP contribution in [0.2, 0.25) is 0 Å². The van der Waals surface area contributed by atoms with Crippen molar-refractivity contribution >= 4 is 11.6 Å². The molecular weight excluding hydrogens is 462 g/mol. The molecule has 0 atom stereocenters. The maximum Gasteiger partial charge on any atom is 0.251 e. The first-order chi connectivity index (χ1) is 15.1. The molecule has 5 heteroatoms.